The highest BCUT2D eigenvalue weighted by Crippen LogP contribution is 2.08. The molecule has 0 aromatic rings. The Morgan fingerprint density at radius 1 is 1.73 bits per heavy atom. The van der Waals surface area contributed by atoms with Gasteiger partial charge in [-0.2, -0.15) is 0 Å². The maximum Gasteiger partial charge on any atom is 0.215 e. The first-order chi connectivity index (χ1) is 5.27. The van der Waals surface area contributed by atoms with Crippen molar-refractivity contribution in [3.05, 3.63) is 23.9 Å². The second kappa shape index (κ2) is 3.34. The Balaban J connectivity index is 2.74. The maximum atomic E-state index is 10.4. The number of carbonyl (C=O) groups is 1. The number of likely N-dealkylation sites (N-methyl/N-ethyl adjacent to an activating group) is 1. The minimum Gasteiger partial charge on any atom is -0.302 e. The summed E-state index contributed by atoms with van der Waals surface area (Å²) in [6.07, 6.45) is 6.48. The molecule has 3 nitrogen and oxygen atoms in total. The van der Waals surface area contributed by atoms with Crippen LogP contribution in [-0.4, -0.2) is 24.5 Å². The Labute approximate surface area is 66.4 Å². The van der Waals surface area contributed by atoms with Crippen LogP contribution in [0, 0.1) is 0 Å². The number of rotatable bonds is 2. The summed E-state index contributed by atoms with van der Waals surface area (Å²) in [4.78, 5) is 12.0. The molecule has 0 aromatic carbocycles. The largest absolute Gasteiger partial charge is 0.302 e. The third kappa shape index (κ3) is 1.68. The highest BCUT2D eigenvalue weighted by molar-refractivity contribution is 5.52. The fourth-order valence-corrected chi connectivity index (χ4v) is 1.02. The Morgan fingerprint density at radius 3 is 3.00 bits per heavy atom. The first kappa shape index (κ1) is 8.01. The van der Waals surface area contributed by atoms with E-state index in [1.165, 1.54) is 5.57 Å². The van der Waals surface area contributed by atoms with Crippen molar-refractivity contribution in [2.45, 2.75) is 13.1 Å². The third-order valence-corrected chi connectivity index (χ3v) is 1.67. The minimum atomic E-state index is 0.0116. The molecule has 0 aliphatic carbocycles. The van der Waals surface area contributed by atoms with E-state index < -0.39 is 0 Å². The van der Waals surface area contributed by atoms with Gasteiger partial charge in [-0.15, -0.1) is 0 Å². The van der Waals surface area contributed by atoms with Crippen LogP contribution in [0.2, 0.25) is 0 Å². The zero-order valence-corrected chi connectivity index (χ0v) is 6.74. The molecule has 1 rings (SSSR count). The van der Waals surface area contributed by atoms with Crippen molar-refractivity contribution in [1.29, 1.82) is 0 Å². The molecule has 60 valence electrons. The number of amides is 1. The fraction of sp³-hybridized carbons (Fsp3) is 0.375. The van der Waals surface area contributed by atoms with Crippen molar-refractivity contribution in [1.82, 2.24) is 10.2 Å². The molecule has 0 spiro atoms. The average molecular weight is 152 g/mol. The highest BCUT2D eigenvalue weighted by Gasteiger charge is 2.11. The molecule has 1 unspecified atom stereocenters. The molecule has 1 atom stereocenters. The van der Waals surface area contributed by atoms with Crippen LogP contribution >= 0.6 is 0 Å². The van der Waals surface area contributed by atoms with Crippen molar-refractivity contribution < 1.29 is 4.79 Å². The predicted octanol–water partition coefficient (Wildman–Crippen LogP) is 0.464. The van der Waals surface area contributed by atoms with Crippen LogP contribution in [0.5, 0.6) is 0 Å². The lowest BCUT2D eigenvalue weighted by atomic mass is 10.2. The van der Waals surface area contributed by atoms with Gasteiger partial charge in [0.25, 0.3) is 0 Å². The van der Waals surface area contributed by atoms with E-state index in [1.807, 2.05) is 26.1 Å². The Morgan fingerprint density at radius 2 is 2.45 bits per heavy atom. The lowest BCUT2D eigenvalue weighted by Gasteiger charge is -2.25. The van der Waals surface area contributed by atoms with E-state index in [2.05, 4.69) is 5.32 Å². The van der Waals surface area contributed by atoms with Crippen molar-refractivity contribution >= 4 is 6.41 Å². The number of hydrogen-bond acceptors (Lipinski definition) is 2. The van der Waals surface area contributed by atoms with Crippen LogP contribution < -0.4 is 5.32 Å². The zero-order chi connectivity index (χ0) is 8.27. The fourth-order valence-electron chi connectivity index (χ4n) is 1.02. The van der Waals surface area contributed by atoms with E-state index in [0.29, 0.717) is 0 Å². The van der Waals surface area contributed by atoms with E-state index >= 15 is 0 Å². The molecule has 0 saturated heterocycles. The molecule has 0 radical (unpaired) electrons. The Hall–Kier alpha value is -1.09. The molecule has 1 N–H and O–H groups in total. The molecule has 0 bridgehead atoms. The summed E-state index contributed by atoms with van der Waals surface area (Å²) in [5, 5.41) is 3.00. The SMILES string of the molecule is CNC1C=C(C)C=CN1C=O. The Kier molecular flexibility index (Phi) is 2.44. The van der Waals surface area contributed by atoms with Crippen LogP contribution in [0.4, 0.5) is 0 Å². The zero-order valence-electron chi connectivity index (χ0n) is 6.74. The van der Waals surface area contributed by atoms with Gasteiger partial charge in [0.2, 0.25) is 6.41 Å². The summed E-state index contributed by atoms with van der Waals surface area (Å²) in [5.74, 6) is 0. The van der Waals surface area contributed by atoms with E-state index in [0.717, 1.165) is 6.41 Å². The number of nitrogens with zero attached hydrogens (tertiary/aromatic N) is 1. The maximum absolute atomic E-state index is 10.4. The van der Waals surface area contributed by atoms with Crippen LogP contribution in [0.15, 0.2) is 23.9 Å². The Bertz CT molecular complexity index is 208. The normalized spacial score (nSPS) is 23.3. The van der Waals surface area contributed by atoms with Crippen LogP contribution in [0.3, 0.4) is 0 Å². The van der Waals surface area contributed by atoms with Crippen LogP contribution in [-0.2, 0) is 4.79 Å². The molecule has 1 amide bonds. The van der Waals surface area contributed by atoms with E-state index in [-0.39, 0.29) is 6.17 Å². The topological polar surface area (TPSA) is 32.3 Å². The van der Waals surface area contributed by atoms with Crippen molar-refractivity contribution in [3.8, 4) is 0 Å². The van der Waals surface area contributed by atoms with Gasteiger partial charge in [0.15, 0.2) is 0 Å². The molecule has 3 heteroatoms. The average Bonchev–Trinajstić information content (AvgIpc) is 2.04. The monoisotopic (exact) mass is 152 g/mol. The molecule has 0 saturated carbocycles. The van der Waals surface area contributed by atoms with Gasteiger partial charge in [-0.05, 0) is 26.1 Å². The highest BCUT2D eigenvalue weighted by atomic mass is 16.1. The lowest BCUT2D eigenvalue weighted by molar-refractivity contribution is -0.117. The smallest absolute Gasteiger partial charge is 0.215 e. The summed E-state index contributed by atoms with van der Waals surface area (Å²) >= 11 is 0. The summed E-state index contributed by atoms with van der Waals surface area (Å²) in [5.41, 5.74) is 1.17. The molecular weight excluding hydrogens is 140 g/mol. The van der Waals surface area contributed by atoms with E-state index in [4.69, 9.17) is 0 Å². The second-order valence-electron chi connectivity index (χ2n) is 2.51. The number of allylic oxidation sites excluding steroid dienone is 2. The third-order valence-electron chi connectivity index (χ3n) is 1.67. The lowest BCUT2D eigenvalue weighted by Crippen LogP contribution is -2.39. The molecule has 1 aliphatic rings. The molecule has 0 fully saturated rings. The van der Waals surface area contributed by atoms with Gasteiger partial charge in [0.05, 0.1) is 0 Å². The van der Waals surface area contributed by atoms with Gasteiger partial charge in [0, 0.05) is 6.20 Å². The molecule has 11 heavy (non-hydrogen) atoms. The second-order valence-corrected chi connectivity index (χ2v) is 2.51. The molecule has 1 heterocycles. The summed E-state index contributed by atoms with van der Waals surface area (Å²) < 4.78 is 0. The first-order valence-corrected chi connectivity index (χ1v) is 3.54. The summed E-state index contributed by atoms with van der Waals surface area (Å²) in [6.45, 7) is 2.00. The first-order valence-electron chi connectivity index (χ1n) is 3.54. The minimum absolute atomic E-state index is 0.0116. The van der Waals surface area contributed by atoms with Crippen LogP contribution in [0.1, 0.15) is 6.92 Å². The summed E-state index contributed by atoms with van der Waals surface area (Å²) in [6, 6.07) is 0. The van der Waals surface area contributed by atoms with Gasteiger partial charge in [0.1, 0.15) is 6.17 Å². The van der Waals surface area contributed by atoms with Crippen molar-refractivity contribution in [2.24, 2.45) is 0 Å². The van der Waals surface area contributed by atoms with Crippen molar-refractivity contribution in [2.75, 3.05) is 7.05 Å². The molecule has 0 aromatic heterocycles. The number of hydrogen-bond donors (Lipinski definition) is 1. The van der Waals surface area contributed by atoms with Gasteiger partial charge >= 0.3 is 0 Å². The van der Waals surface area contributed by atoms with Gasteiger partial charge in [-0.25, -0.2) is 0 Å². The standard InChI is InChI=1S/C8H12N2O/c1-7-3-4-10(6-11)8(5-7)9-2/h3-6,8-9H,1-2H3. The van der Waals surface area contributed by atoms with Crippen molar-refractivity contribution in [3.63, 3.8) is 0 Å². The van der Waals surface area contributed by atoms with E-state index in [9.17, 15) is 4.79 Å². The quantitative estimate of drug-likeness (QED) is 0.583. The predicted molar refractivity (Wildman–Crippen MR) is 43.6 cm³/mol. The molecule has 1 aliphatic heterocycles. The summed E-state index contributed by atoms with van der Waals surface area (Å²) in [7, 11) is 1.82. The van der Waals surface area contributed by atoms with E-state index in [1.54, 1.807) is 11.1 Å². The van der Waals surface area contributed by atoms with Crippen LogP contribution in [0.25, 0.3) is 0 Å². The number of nitrogens with one attached hydrogen (secondary N) is 1. The van der Waals surface area contributed by atoms with Gasteiger partial charge in [-0.1, -0.05) is 5.57 Å². The van der Waals surface area contributed by atoms with Gasteiger partial charge < -0.3 is 4.90 Å². The van der Waals surface area contributed by atoms with Gasteiger partial charge in [-0.3, -0.25) is 10.1 Å². The number of carbonyl (C=O) groups excluding carboxylic acids is 1. The molecular formula is C8H12N2O.